The second-order valence-corrected chi connectivity index (χ2v) is 9.08. The summed E-state index contributed by atoms with van der Waals surface area (Å²) in [7, 11) is 1.45. The van der Waals surface area contributed by atoms with Crippen molar-refractivity contribution in [3.63, 3.8) is 0 Å². The van der Waals surface area contributed by atoms with E-state index in [9.17, 15) is 24.3 Å². The molecule has 0 saturated carbocycles. The molecular formula is C26H25NO6. The Bertz CT molecular complexity index is 1220. The molecule has 4 aliphatic rings. The maximum absolute atomic E-state index is 13.2. The zero-order chi connectivity index (χ0) is 23.6. The Kier molecular flexibility index (Phi) is 4.88. The highest BCUT2D eigenvalue weighted by atomic mass is 16.5. The number of aromatic hydroxyl groups is 1. The molecule has 4 unspecified atom stereocenters. The molecule has 0 aromatic heterocycles. The molecule has 0 radical (unpaired) electrons. The molecule has 33 heavy (non-hydrogen) atoms. The van der Waals surface area contributed by atoms with E-state index < -0.39 is 17.8 Å². The average Bonchev–Trinajstić information content (AvgIpc) is 3.06. The topological polar surface area (TPSA) is 101 Å². The number of carbonyl (C=O) groups excluding carboxylic acids is 4. The molecule has 1 aromatic carbocycles. The minimum atomic E-state index is -0.548. The Labute approximate surface area is 191 Å². The summed E-state index contributed by atoms with van der Waals surface area (Å²) < 4.78 is 5.29. The molecule has 1 aliphatic heterocycles. The fraction of sp³-hybridized carbons (Fsp3) is 0.385. The second-order valence-electron chi connectivity index (χ2n) is 9.08. The van der Waals surface area contributed by atoms with Crippen LogP contribution in [0.3, 0.4) is 0 Å². The summed E-state index contributed by atoms with van der Waals surface area (Å²) in [6.07, 6.45) is 4.04. The van der Waals surface area contributed by atoms with Crippen LogP contribution in [0.4, 0.5) is 0 Å². The van der Waals surface area contributed by atoms with E-state index in [4.69, 9.17) is 4.74 Å². The third-order valence-electron chi connectivity index (χ3n) is 7.51. The number of rotatable bonds is 3. The molecule has 1 fully saturated rings. The number of hydrogen-bond acceptors (Lipinski definition) is 6. The molecule has 7 nitrogen and oxygen atoms in total. The average molecular weight is 447 g/mol. The van der Waals surface area contributed by atoms with E-state index in [-0.39, 0.29) is 47.2 Å². The monoisotopic (exact) mass is 447 g/mol. The maximum Gasteiger partial charge on any atom is 0.233 e. The first-order valence-electron chi connectivity index (χ1n) is 11.2. The number of allylic oxidation sites excluding steroid dienone is 6. The number of phenolic OH excluding ortho intramolecular Hbond substituents is 1. The van der Waals surface area contributed by atoms with E-state index in [1.807, 2.05) is 6.08 Å². The van der Waals surface area contributed by atoms with Gasteiger partial charge in [-0.25, -0.2) is 0 Å². The van der Waals surface area contributed by atoms with Gasteiger partial charge in [-0.3, -0.25) is 24.1 Å². The number of Topliss-reactive ketones (excluding diaryl/α,β-unsaturated/α-hetero) is 1. The zero-order valence-corrected chi connectivity index (χ0v) is 18.8. The minimum absolute atomic E-state index is 0.0301. The standard InChI is InChI=1S/C26H25NO6/c1-4-27-25(31)15-7-6-14-16(22(15)26(27)32)11-17-23(19(29)9-12(2)24(17)30)21(14)13-5-8-18(28)20(10-13)33-3/h5-6,8-10,15-16,21-22,28H,4,7,11H2,1-3H3. The van der Waals surface area contributed by atoms with Crippen LogP contribution in [0.1, 0.15) is 38.2 Å². The van der Waals surface area contributed by atoms with Crippen molar-refractivity contribution in [1.82, 2.24) is 4.90 Å². The quantitative estimate of drug-likeness (QED) is 0.434. The van der Waals surface area contributed by atoms with Gasteiger partial charge in [-0.15, -0.1) is 0 Å². The third-order valence-corrected chi connectivity index (χ3v) is 7.51. The van der Waals surface area contributed by atoms with Crippen LogP contribution in [-0.2, 0) is 19.2 Å². The number of nitrogens with zero attached hydrogens (tertiary/aromatic N) is 1. The van der Waals surface area contributed by atoms with Gasteiger partial charge in [-0.1, -0.05) is 17.7 Å². The summed E-state index contributed by atoms with van der Waals surface area (Å²) in [5.74, 6) is -2.40. The first-order valence-corrected chi connectivity index (χ1v) is 11.2. The van der Waals surface area contributed by atoms with Crippen LogP contribution in [0.5, 0.6) is 11.5 Å². The summed E-state index contributed by atoms with van der Waals surface area (Å²) in [5, 5.41) is 10.1. The largest absolute Gasteiger partial charge is 0.504 e. The van der Waals surface area contributed by atoms with Gasteiger partial charge in [0.15, 0.2) is 23.1 Å². The number of amides is 2. The van der Waals surface area contributed by atoms with E-state index in [0.29, 0.717) is 35.2 Å². The molecule has 1 N–H and O–H groups in total. The van der Waals surface area contributed by atoms with Crippen LogP contribution < -0.4 is 4.74 Å². The molecule has 4 atom stereocenters. The van der Waals surface area contributed by atoms with Crippen LogP contribution >= 0.6 is 0 Å². The third kappa shape index (κ3) is 2.95. The van der Waals surface area contributed by atoms with E-state index >= 15 is 0 Å². The van der Waals surface area contributed by atoms with Gasteiger partial charge in [0.1, 0.15) is 0 Å². The summed E-state index contributed by atoms with van der Waals surface area (Å²) in [6.45, 7) is 3.73. The van der Waals surface area contributed by atoms with Crippen LogP contribution in [0, 0.1) is 17.8 Å². The summed E-state index contributed by atoms with van der Waals surface area (Å²) in [4.78, 5) is 53.8. The van der Waals surface area contributed by atoms with Crippen LogP contribution in [-0.4, -0.2) is 47.0 Å². The molecule has 5 rings (SSSR count). The molecule has 3 aliphatic carbocycles. The lowest BCUT2D eigenvalue weighted by atomic mass is 9.59. The van der Waals surface area contributed by atoms with E-state index in [0.717, 1.165) is 5.57 Å². The molecule has 0 bridgehead atoms. The first kappa shape index (κ1) is 21.4. The first-order chi connectivity index (χ1) is 15.8. The fourth-order valence-electron chi connectivity index (χ4n) is 6.01. The molecule has 1 saturated heterocycles. The summed E-state index contributed by atoms with van der Waals surface area (Å²) >= 11 is 0. The van der Waals surface area contributed by atoms with Gasteiger partial charge in [0, 0.05) is 29.2 Å². The summed E-state index contributed by atoms with van der Waals surface area (Å²) in [5.41, 5.74) is 2.81. The van der Waals surface area contributed by atoms with E-state index in [1.54, 1.807) is 26.0 Å². The lowest BCUT2D eigenvalue weighted by Gasteiger charge is -2.42. The number of imide groups is 1. The molecule has 2 amide bonds. The maximum atomic E-state index is 13.2. The predicted molar refractivity (Wildman–Crippen MR) is 118 cm³/mol. The number of carbonyl (C=O) groups is 4. The number of benzene rings is 1. The Morgan fingerprint density at radius 2 is 1.88 bits per heavy atom. The van der Waals surface area contributed by atoms with Crippen LogP contribution in [0.2, 0.25) is 0 Å². The van der Waals surface area contributed by atoms with Crippen molar-refractivity contribution in [3.8, 4) is 11.5 Å². The normalized spacial score (nSPS) is 28.9. The Hall–Kier alpha value is -3.48. The van der Waals surface area contributed by atoms with Crippen molar-refractivity contribution in [2.75, 3.05) is 13.7 Å². The number of likely N-dealkylation sites (tertiary alicyclic amines) is 1. The van der Waals surface area contributed by atoms with Crippen LogP contribution in [0.25, 0.3) is 0 Å². The van der Waals surface area contributed by atoms with Crippen molar-refractivity contribution < 1.29 is 29.0 Å². The molecule has 7 heteroatoms. The summed E-state index contributed by atoms with van der Waals surface area (Å²) in [6, 6.07) is 4.89. The minimum Gasteiger partial charge on any atom is -0.504 e. The Balaban J connectivity index is 1.71. The van der Waals surface area contributed by atoms with Gasteiger partial charge in [0.05, 0.1) is 18.9 Å². The number of methoxy groups -OCH3 is 1. The van der Waals surface area contributed by atoms with Crippen molar-refractivity contribution in [2.24, 2.45) is 17.8 Å². The molecule has 170 valence electrons. The highest BCUT2D eigenvalue weighted by Gasteiger charge is 2.55. The lowest BCUT2D eigenvalue weighted by Crippen LogP contribution is -2.39. The van der Waals surface area contributed by atoms with Crippen molar-refractivity contribution in [3.05, 3.63) is 58.2 Å². The van der Waals surface area contributed by atoms with Gasteiger partial charge in [0.2, 0.25) is 11.8 Å². The van der Waals surface area contributed by atoms with E-state index in [1.165, 1.54) is 24.2 Å². The Morgan fingerprint density at radius 1 is 1.12 bits per heavy atom. The smallest absolute Gasteiger partial charge is 0.233 e. The number of ketones is 2. The van der Waals surface area contributed by atoms with Crippen LogP contribution in [0.15, 0.2) is 52.6 Å². The zero-order valence-electron chi connectivity index (χ0n) is 18.8. The van der Waals surface area contributed by atoms with Crippen molar-refractivity contribution in [1.29, 1.82) is 0 Å². The van der Waals surface area contributed by atoms with Gasteiger partial charge < -0.3 is 9.84 Å². The molecular weight excluding hydrogens is 422 g/mol. The number of hydrogen-bond donors (Lipinski definition) is 1. The highest BCUT2D eigenvalue weighted by molar-refractivity contribution is 6.23. The number of phenols is 1. The van der Waals surface area contributed by atoms with Crippen molar-refractivity contribution >= 4 is 23.4 Å². The van der Waals surface area contributed by atoms with Crippen molar-refractivity contribution in [2.45, 2.75) is 32.6 Å². The number of fused-ring (bicyclic) bond motifs is 3. The Morgan fingerprint density at radius 3 is 2.58 bits per heavy atom. The molecule has 1 heterocycles. The van der Waals surface area contributed by atoms with Gasteiger partial charge >= 0.3 is 0 Å². The SMILES string of the molecule is CCN1C(=O)C2CC=C3C(c4ccc(O)c(OC)c4)C4=C(CC3C2C1=O)C(=O)C(C)=CC4=O. The second kappa shape index (κ2) is 7.54. The fourth-order valence-corrected chi connectivity index (χ4v) is 6.01. The lowest BCUT2D eigenvalue weighted by molar-refractivity contribution is -0.139. The van der Waals surface area contributed by atoms with Gasteiger partial charge in [-0.2, -0.15) is 0 Å². The molecule has 0 spiro atoms. The van der Waals surface area contributed by atoms with Gasteiger partial charge in [0.25, 0.3) is 0 Å². The number of ether oxygens (including phenoxy) is 1. The molecule has 1 aromatic rings. The van der Waals surface area contributed by atoms with Gasteiger partial charge in [-0.05, 0) is 56.4 Å². The predicted octanol–water partition coefficient (Wildman–Crippen LogP) is 2.85. The highest BCUT2D eigenvalue weighted by Crippen LogP contribution is 2.55. The van der Waals surface area contributed by atoms with E-state index in [2.05, 4.69) is 0 Å².